The summed E-state index contributed by atoms with van der Waals surface area (Å²) in [6.07, 6.45) is -3.29. The molecule has 0 amide bonds. The topological polar surface area (TPSA) is 26.3 Å². The molecule has 0 aliphatic rings. The van der Waals surface area contributed by atoms with Gasteiger partial charge < -0.3 is 4.74 Å². The third-order valence-electron chi connectivity index (χ3n) is 1.13. The van der Waals surface area contributed by atoms with Crippen LogP contribution in [0.3, 0.4) is 0 Å². The maximum atomic E-state index is 12.4. The number of ketones is 1. The molecule has 0 atom stereocenters. The minimum atomic E-state index is -3.58. The molecule has 0 heterocycles. The van der Waals surface area contributed by atoms with E-state index in [1.807, 2.05) is 0 Å². The predicted octanol–water partition coefficient (Wildman–Crippen LogP) is 1.98. The lowest BCUT2D eigenvalue weighted by molar-refractivity contribution is -0.227. The monoisotopic (exact) mass is 166 g/mol. The first kappa shape index (κ1) is 10.5. The average Bonchev–Trinajstić information content (AvgIpc) is 1.88. The van der Waals surface area contributed by atoms with Gasteiger partial charge in [-0.3, -0.25) is 4.79 Å². The summed E-state index contributed by atoms with van der Waals surface area (Å²) in [5, 5.41) is 0. The minimum absolute atomic E-state index is 0.132. The van der Waals surface area contributed by atoms with Crippen molar-refractivity contribution in [3.8, 4) is 0 Å². The van der Waals surface area contributed by atoms with E-state index < -0.39 is 11.9 Å². The highest BCUT2D eigenvalue weighted by Crippen LogP contribution is 2.18. The van der Waals surface area contributed by atoms with Gasteiger partial charge in [-0.2, -0.15) is 8.78 Å². The van der Waals surface area contributed by atoms with Crippen molar-refractivity contribution in [3.63, 3.8) is 0 Å². The predicted molar refractivity (Wildman–Crippen MR) is 36.5 cm³/mol. The molecule has 4 heteroatoms. The molecule has 0 N–H and O–H groups in total. The molecule has 0 aromatic carbocycles. The second-order valence-corrected chi connectivity index (χ2v) is 2.12. The molecule has 0 aromatic heterocycles. The Bertz CT molecular complexity index is 134. The van der Waals surface area contributed by atoms with E-state index in [4.69, 9.17) is 0 Å². The highest BCUT2D eigenvalue weighted by Gasteiger charge is 2.38. The number of carbonyl (C=O) groups excluding carboxylic acids is 1. The Balaban J connectivity index is 3.94. The smallest absolute Gasteiger partial charge is 0.315 e. The van der Waals surface area contributed by atoms with Gasteiger partial charge >= 0.3 is 6.11 Å². The lowest BCUT2D eigenvalue weighted by Crippen LogP contribution is -2.31. The number of carbonyl (C=O) groups is 1. The standard InChI is InChI=1S/C7H12F2O2/c1-3-5-6(10)7(8,9)11-4-2/h3-5H2,1-2H3. The first-order valence-corrected chi connectivity index (χ1v) is 3.59. The van der Waals surface area contributed by atoms with Gasteiger partial charge in [0.05, 0.1) is 6.61 Å². The van der Waals surface area contributed by atoms with Crippen LogP contribution in [0.2, 0.25) is 0 Å². The Hall–Kier alpha value is -0.510. The van der Waals surface area contributed by atoms with Gasteiger partial charge in [0.15, 0.2) is 0 Å². The number of rotatable bonds is 5. The molecule has 0 aliphatic carbocycles. The van der Waals surface area contributed by atoms with Gasteiger partial charge in [0.1, 0.15) is 0 Å². The maximum absolute atomic E-state index is 12.4. The molecule has 0 spiro atoms. The molecule has 0 saturated heterocycles. The van der Waals surface area contributed by atoms with Crippen LogP contribution in [0.25, 0.3) is 0 Å². The highest BCUT2D eigenvalue weighted by molar-refractivity contribution is 5.84. The Kier molecular flexibility index (Phi) is 4.18. The molecule has 0 fully saturated rings. The lowest BCUT2D eigenvalue weighted by atomic mass is 10.2. The quantitative estimate of drug-likeness (QED) is 0.624. The Morgan fingerprint density at radius 1 is 1.45 bits per heavy atom. The summed E-state index contributed by atoms with van der Waals surface area (Å²) in [5.41, 5.74) is 0. The van der Waals surface area contributed by atoms with E-state index in [0.29, 0.717) is 6.42 Å². The van der Waals surface area contributed by atoms with Crippen LogP contribution in [0, 0.1) is 0 Å². The van der Waals surface area contributed by atoms with Crippen molar-refractivity contribution in [1.29, 1.82) is 0 Å². The Labute approximate surface area is 64.5 Å². The fourth-order valence-corrected chi connectivity index (χ4v) is 0.634. The molecule has 66 valence electrons. The molecular weight excluding hydrogens is 154 g/mol. The van der Waals surface area contributed by atoms with Crippen LogP contribution in [0.4, 0.5) is 8.78 Å². The third-order valence-corrected chi connectivity index (χ3v) is 1.13. The van der Waals surface area contributed by atoms with Gasteiger partial charge in [-0.05, 0) is 13.3 Å². The van der Waals surface area contributed by atoms with E-state index in [9.17, 15) is 13.6 Å². The van der Waals surface area contributed by atoms with Crippen LogP contribution in [0.1, 0.15) is 26.7 Å². The molecule has 11 heavy (non-hydrogen) atoms. The molecular formula is C7H12F2O2. The number of hydrogen-bond acceptors (Lipinski definition) is 2. The fraction of sp³-hybridized carbons (Fsp3) is 0.857. The second-order valence-electron chi connectivity index (χ2n) is 2.12. The Morgan fingerprint density at radius 3 is 2.36 bits per heavy atom. The fourth-order valence-electron chi connectivity index (χ4n) is 0.634. The number of hydrogen-bond donors (Lipinski definition) is 0. The first-order chi connectivity index (χ1) is 5.04. The van der Waals surface area contributed by atoms with Crippen molar-refractivity contribution >= 4 is 5.78 Å². The molecule has 0 aromatic rings. The van der Waals surface area contributed by atoms with Crippen LogP contribution >= 0.6 is 0 Å². The largest absolute Gasteiger partial charge is 0.416 e. The normalized spacial score (nSPS) is 11.6. The summed E-state index contributed by atoms with van der Waals surface area (Å²) >= 11 is 0. The van der Waals surface area contributed by atoms with Gasteiger partial charge in [0, 0.05) is 6.42 Å². The molecule has 0 radical (unpaired) electrons. The SMILES string of the molecule is CCCC(=O)C(F)(F)OCC. The van der Waals surface area contributed by atoms with Gasteiger partial charge in [0.25, 0.3) is 0 Å². The summed E-state index contributed by atoms with van der Waals surface area (Å²) in [7, 11) is 0. The third kappa shape index (κ3) is 3.41. The van der Waals surface area contributed by atoms with E-state index >= 15 is 0 Å². The van der Waals surface area contributed by atoms with Crippen LogP contribution in [0.15, 0.2) is 0 Å². The van der Waals surface area contributed by atoms with Crippen molar-refractivity contribution in [2.75, 3.05) is 6.61 Å². The van der Waals surface area contributed by atoms with Crippen LogP contribution in [-0.2, 0) is 9.53 Å². The van der Waals surface area contributed by atoms with Crippen molar-refractivity contribution < 1.29 is 18.3 Å². The summed E-state index contributed by atoms with van der Waals surface area (Å²) in [4.78, 5) is 10.6. The van der Waals surface area contributed by atoms with Crippen LogP contribution < -0.4 is 0 Å². The number of Topliss-reactive ketones (excluding diaryl/α,β-unsaturated/α-hetero) is 1. The van der Waals surface area contributed by atoms with Gasteiger partial charge in [-0.15, -0.1) is 0 Å². The zero-order valence-corrected chi connectivity index (χ0v) is 6.69. The van der Waals surface area contributed by atoms with Crippen molar-refractivity contribution in [2.24, 2.45) is 0 Å². The van der Waals surface area contributed by atoms with E-state index in [0.717, 1.165) is 0 Å². The van der Waals surface area contributed by atoms with Crippen molar-refractivity contribution in [2.45, 2.75) is 32.8 Å². The van der Waals surface area contributed by atoms with Crippen LogP contribution in [-0.4, -0.2) is 18.5 Å². The number of alkyl halides is 2. The van der Waals surface area contributed by atoms with Crippen molar-refractivity contribution in [1.82, 2.24) is 0 Å². The van der Waals surface area contributed by atoms with Crippen LogP contribution in [0.5, 0.6) is 0 Å². The molecule has 0 saturated carbocycles. The highest BCUT2D eigenvalue weighted by atomic mass is 19.3. The maximum Gasteiger partial charge on any atom is 0.416 e. The first-order valence-electron chi connectivity index (χ1n) is 3.59. The van der Waals surface area contributed by atoms with E-state index in [1.165, 1.54) is 6.92 Å². The molecule has 2 nitrogen and oxygen atoms in total. The van der Waals surface area contributed by atoms with E-state index in [-0.39, 0.29) is 13.0 Å². The molecule has 0 unspecified atom stereocenters. The second kappa shape index (κ2) is 4.38. The number of halogens is 2. The van der Waals surface area contributed by atoms with Gasteiger partial charge in [-0.1, -0.05) is 6.92 Å². The molecule has 0 aliphatic heterocycles. The molecule has 0 bridgehead atoms. The summed E-state index contributed by atoms with van der Waals surface area (Å²) in [5.74, 6) is -1.14. The van der Waals surface area contributed by atoms with Gasteiger partial charge in [-0.25, -0.2) is 0 Å². The minimum Gasteiger partial charge on any atom is -0.315 e. The molecule has 0 rings (SSSR count). The number of ether oxygens (including phenoxy) is 1. The zero-order valence-electron chi connectivity index (χ0n) is 6.69. The zero-order chi connectivity index (χ0) is 8.91. The van der Waals surface area contributed by atoms with Gasteiger partial charge in [0.2, 0.25) is 5.78 Å². The van der Waals surface area contributed by atoms with E-state index in [1.54, 1.807) is 6.92 Å². The summed E-state index contributed by atoms with van der Waals surface area (Å²) < 4.78 is 28.8. The Morgan fingerprint density at radius 2 is 2.00 bits per heavy atom. The lowest BCUT2D eigenvalue weighted by Gasteiger charge is -2.12. The van der Waals surface area contributed by atoms with E-state index in [2.05, 4.69) is 4.74 Å². The average molecular weight is 166 g/mol. The summed E-state index contributed by atoms with van der Waals surface area (Å²) in [6.45, 7) is 2.94. The van der Waals surface area contributed by atoms with Crippen molar-refractivity contribution in [3.05, 3.63) is 0 Å². The summed E-state index contributed by atoms with van der Waals surface area (Å²) in [6, 6.07) is 0.